The summed E-state index contributed by atoms with van der Waals surface area (Å²) in [7, 11) is 0. The number of rotatable bonds is 8. The molecule has 4 nitrogen and oxygen atoms in total. The standard InChI is InChI=1S/C12H25NO3.C2H6/c1-11(2,3)15-8-6-12(4,5)16-9-7-13-10-14;1-2/h10H,6-9H2,1-5H3,(H,13,14);1-2H3. The van der Waals surface area contributed by atoms with E-state index in [9.17, 15) is 4.79 Å². The summed E-state index contributed by atoms with van der Waals surface area (Å²) in [6, 6.07) is 0. The molecule has 0 aliphatic rings. The lowest BCUT2D eigenvalue weighted by Gasteiger charge is -2.27. The Morgan fingerprint density at radius 1 is 1.00 bits per heavy atom. The highest BCUT2D eigenvalue weighted by Gasteiger charge is 2.19. The first-order valence-electron chi connectivity index (χ1n) is 6.72. The molecule has 0 heterocycles. The van der Waals surface area contributed by atoms with Crippen LogP contribution in [0.1, 0.15) is 54.9 Å². The topological polar surface area (TPSA) is 47.6 Å². The predicted molar refractivity (Wildman–Crippen MR) is 75.8 cm³/mol. The van der Waals surface area contributed by atoms with Crippen LogP contribution < -0.4 is 5.32 Å². The molecule has 1 N–H and O–H groups in total. The Kier molecular flexibility index (Phi) is 11.3. The van der Waals surface area contributed by atoms with E-state index in [0.29, 0.717) is 26.2 Å². The average molecular weight is 261 g/mol. The number of carbonyl (C=O) groups is 1. The minimum atomic E-state index is -0.212. The van der Waals surface area contributed by atoms with Crippen LogP contribution in [-0.2, 0) is 14.3 Å². The van der Waals surface area contributed by atoms with Gasteiger partial charge in [-0.3, -0.25) is 4.79 Å². The molecule has 0 bridgehead atoms. The van der Waals surface area contributed by atoms with Crippen LogP contribution in [0.2, 0.25) is 0 Å². The molecule has 18 heavy (non-hydrogen) atoms. The van der Waals surface area contributed by atoms with Gasteiger partial charge < -0.3 is 14.8 Å². The minimum absolute atomic E-state index is 0.102. The molecule has 0 rings (SSSR count). The van der Waals surface area contributed by atoms with Crippen LogP contribution in [0.15, 0.2) is 0 Å². The summed E-state index contributed by atoms with van der Waals surface area (Å²) in [6.07, 6.45) is 1.52. The highest BCUT2D eigenvalue weighted by atomic mass is 16.5. The third-order valence-electron chi connectivity index (χ3n) is 2.06. The first kappa shape index (κ1) is 19.7. The van der Waals surface area contributed by atoms with Crippen LogP contribution in [0.25, 0.3) is 0 Å². The molecule has 4 heteroatoms. The summed E-state index contributed by atoms with van der Waals surface area (Å²) in [4.78, 5) is 10.0. The zero-order valence-electron chi connectivity index (χ0n) is 13.1. The van der Waals surface area contributed by atoms with Gasteiger partial charge in [-0.25, -0.2) is 0 Å². The summed E-state index contributed by atoms with van der Waals surface area (Å²) in [5.74, 6) is 0. The second kappa shape index (κ2) is 10.3. The van der Waals surface area contributed by atoms with Crippen molar-refractivity contribution in [2.75, 3.05) is 19.8 Å². The van der Waals surface area contributed by atoms with E-state index in [1.807, 2.05) is 48.5 Å². The van der Waals surface area contributed by atoms with E-state index in [4.69, 9.17) is 9.47 Å². The van der Waals surface area contributed by atoms with Gasteiger partial charge in [0.2, 0.25) is 6.41 Å². The fourth-order valence-electron chi connectivity index (χ4n) is 1.12. The van der Waals surface area contributed by atoms with Crippen molar-refractivity contribution >= 4 is 6.41 Å². The van der Waals surface area contributed by atoms with Gasteiger partial charge in [0.15, 0.2) is 0 Å². The van der Waals surface area contributed by atoms with E-state index in [1.54, 1.807) is 0 Å². The Hall–Kier alpha value is -0.610. The maximum atomic E-state index is 10.0. The Morgan fingerprint density at radius 3 is 2.00 bits per heavy atom. The van der Waals surface area contributed by atoms with Crippen LogP contribution in [0.4, 0.5) is 0 Å². The summed E-state index contributed by atoms with van der Waals surface area (Å²) in [6.45, 7) is 15.9. The molecular formula is C14H31NO3. The molecule has 0 radical (unpaired) electrons. The van der Waals surface area contributed by atoms with Gasteiger partial charge in [0, 0.05) is 13.2 Å². The molecule has 0 saturated carbocycles. The molecule has 1 amide bonds. The molecule has 0 saturated heterocycles. The third-order valence-corrected chi connectivity index (χ3v) is 2.06. The lowest BCUT2D eigenvalue weighted by atomic mass is 10.1. The van der Waals surface area contributed by atoms with E-state index in [0.717, 1.165) is 6.42 Å². The fraction of sp³-hybridized carbons (Fsp3) is 0.929. The Labute approximate surface area is 112 Å². The number of carbonyl (C=O) groups excluding carboxylic acids is 1. The molecule has 0 aliphatic carbocycles. The van der Waals surface area contributed by atoms with E-state index in [1.165, 1.54) is 0 Å². The van der Waals surface area contributed by atoms with Gasteiger partial charge >= 0.3 is 0 Å². The smallest absolute Gasteiger partial charge is 0.207 e. The number of nitrogens with one attached hydrogen (secondary N) is 1. The van der Waals surface area contributed by atoms with Gasteiger partial charge in [-0.15, -0.1) is 0 Å². The molecule has 0 fully saturated rings. The first-order valence-corrected chi connectivity index (χ1v) is 6.72. The molecular weight excluding hydrogens is 230 g/mol. The van der Waals surface area contributed by atoms with Gasteiger partial charge in [0.1, 0.15) is 0 Å². The van der Waals surface area contributed by atoms with Crippen molar-refractivity contribution in [2.24, 2.45) is 0 Å². The Bertz CT molecular complexity index is 198. The Morgan fingerprint density at radius 2 is 1.56 bits per heavy atom. The minimum Gasteiger partial charge on any atom is -0.376 e. The quantitative estimate of drug-likeness (QED) is 0.540. The maximum absolute atomic E-state index is 10.0. The van der Waals surface area contributed by atoms with E-state index < -0.39 is 0 Å². The largest absolute Gasteiger partial charge is 0.376 e. The van der Waals surface area contributed by atoms with E-state index in [-0.39, 0.29) is 11.2 Å². The normalized spacial score (nSPS) is 11.5. The van der Waals surface area contributed by atoms with Gasteiger partial charge in [0.25, 0.3) is 0 Å². The second-order valence-corrected chi connectivity index (χ2v) is 5.39. The van der Waals surface area contributed by atoms with Crippen molar-refractivity contribution in [2.45, 2.75) is 66.1 Å². The molecule has 0 aromatic heterocycles. The second-order valence-electron chi connectivity index (χ2n) is 5.39. The maximum Gasteiger partial charge on any atom is 0.207 e. The van der Waals surface area contributed by atoms with Crippen molar-refractivity contribution in [1.29, 1.82) is 0 Å². The average Bonchev–Trinajstić information content (AvgIpc) is 2.25. The number of amides is 1. The molecule has 0 aliphatic heterocycles. The summed E-state index contributed by atoms with van der Waals surface area (Å²) < 4.78 is 11.3. The van der Waals surface area contributed by atoms with Crippen LogP contribution in [-0.4, -0.2) is 37.4 Å². The van der Waals surface area contributed by atoms with Gasteiger partial charge in [0.05, 0.1) is 17.8 Å². The summed E-state index contributed by atoms with van der Waals surface area (Å²) >= 11 is 0. The molecule has 0 aromatic rings. The van der Waals surface area contributed by atoms with Crippen molar-refractivity contribution < 1.29 is 14.3 Å². The lowest BCUT2D eigenvalue weighted by molar-refractivity contribution is -0.110. The SMILES string of the molecule is CC.CC(C)(C)OCCC(C)(C)OCCNC=O. The van der Waals surface area contributed by atoms with Crippen molar-refractivity contribution in [3.63, 3.8) is 0 Å². The van der Waals surface area contributed by atoms with Crippen LogP contribution >= 0.6 is 0 Å². The fourth-order valence-corrected chi connectivity index (χ4v) is 1.12. The third kappa shape index (κ3) is 15.4. The summed E-state index contributed by atoms with van der Waals surface area (Å²) in [5, 5.41) is 2.56. The molecule has 0 aromatic carbocycles. The molecule has 110 valence electrons. The highest BCUT2D eigenvalue weighted by molar-refractivity contribution is 5.45. The lowest BCUT2D eigenvalue weighted by Crippen LogP contribution is -2.31. The molecule has 0 unspecified atom stereocenters. The van der Waals surface area contributed by atoms with E-state index in [2.05, 4.69) is 5.32 Å². The molecule has 0 spiro atoms. The van der Waals surface area contributed by atoms with Crippen molar-refractivity contribution in [3.05, 3.63) is 0 Å². The highest BCUT2D eigenvalue weighted by Crippen LogP contribution is 2.16. The van der Waals surface area contributed by atoms with Gasteiger partial charge in [-0.05, 0) is 41.0 Å². The number of hydrogen-bond acceptors (Lipinski definition) is 3. The first-order chi connectivity index (χ1) is 8.27. The number of ether oxygens (including phenoxy) is 2. The van der Waals surface area contributed by atoms with Crippen molar-refractivity contribution in [3.8, 4) is 0 Å². The predicted octanol–water partition coefficient (Wildman–Crippen LogP) is 2.76. The zero-order valence-corrected chi connectivity index (χ0v) is 13.1. The monoisotopic (exact) mass is 261 g/mol. The van der Waals surface area contributed by atoms with Crippen LogP contribution in [0.3, 0.4) is 0 Å². The van der Waals surface area contributed by atoms with Crippen LogP contribution in [0.5, 0.6) is 0 Å². The van der Waals surface area contributed by atoms with Crippen LogP contribution in [0, 0.1) is 0 Å². The zero-order chi connectivity index (χ0) is 14.7. The van der Waals surface area contributed by atoms with Gasteiger partial charge in [-0.2, -0.15) is 0 Å². The van der Waals surface area contributed by atoms with E-state index >= 15 is 0 Å². The van der Waals surface area contributed by atoms with Gasteiger partial charge in [-0.1, -0.05) is 13.8 Å². The molecule has 0 atom stereocenters. The summed E-state index contributed by atoms with van der Waals surface area (Å²) in [5.41, 5.74) is -0.315. The Balaban J connectivity index is 0. The number of hydrogen-bond donors (Lipinski definition) is 1. The van der Waals surface area contributed by atoms with Crippen molar-refractivity contribution in [1.82, 2.24) is 5.32 Å².